The number of hydrogen-bond acceptors (Lipinski definition) is 4. The SMILES string of the molecule is CCOC(=O)[C@@H](NC(=O)CCCCCCCCCCCCCCC(=O)NC)C(C)C. The van der Waals surface area contributed by atoms with Gasteiger partial charge in [-0.2, -0.15) is 0 Å². The molecule has 0 bridgehead atoms. The average molecular weight is 427 g/mol. The molecule has 0 aromatic carbocycles. The molecule has 0 aliphatic carbocycles. The molecule has 0 aromatic rings. The molecule has 0 spiro atoms. The molecule has 0 aliphatic heterocycles. The van der Waals surface area contributed by atoms with Crippen molar-refractivity contribution in [1.82, 2.24) is 10.6 Å². The first-order valence-corrected chi connectivity index (χ1v) is 12.1. The first-order chi connectivity index (χ1) is 14.4. The number of carbonyl (C=O) groups is 3. The zero-order chi connectivity index (χ0) is 22.6. The number of nitrogens with one attached hydrogen (secondary N) is 2. The maximum atomic E-state index is 12.1. The van der Waals surface area contributed by atoms with Crippen molar-refractivity contribution in [2.45, 2.75) is 117 Å². The Bertz CT molecular complexity index is 466. The fourth-order valence-corrected chi connectivity index (χ4v) is 3.44. The molecule has 176 valence electrons. The highest BCUT2D eigenvalue weighted by molar-refractivity contribution is 5.84. The van der Waals surface area contributed by atoms with Gasteiger partial charge >= 0.3 is 5.97 Å². The third-order valence-corrected chi connectivity index (χ3v) is 5.36. The van der Waals surface area contributed by atoms with E-state index in [9.17, 15) is 14.4 Å². The molecule has 0 radical (unpaired) electrons. The topological polar surface area (TPSA) is 84.5 Å². The summed E-state index contributed by atoms with van der Waals surface area (Å²) in [6, 6.07) is -0.548. The maximum absolute atomic E-state index is 12.1. The number of amides is 2. The van der Waals surface area contributed by atoms with E-state index in [4.69, 9.17) is 4.74 Å². The van der Waals surface area contributed by atoms with Gasteiger partial charge < -0.3 is 15.4 Å². The third kappa shape index (κ3) is 16.2. The number of carbonyl (C=O) groups excluding carboxylic acids is 3. The lowest BCUT2D eigenvalue weighted by Gasteiger charge is -2.20. The van der Waals surface area contributed by atoms with Crippen molar-refractivity contribution in [3.63, 3.8) is 0 Å². The molecule has 0 saturated carbocycles. The fraction of sp³-hybridized carbons (Fsp3) is 0.875. The van der Waals surface area contributed by atoms with Gasteiger partial charge in [0, 0.05) is 19.9 Å². The van der Waals surface area contributed by atoms with Crippen LogP contribution in [0.25, 0.3) is 0 Å². The third-order valence-electron chi connectivity index (χ3n) is 5.36. The lowest BCUT2D eigenvalue weighted by molar-refractivity contribution is -0.148. The molecule has 6 nitrogen and oxygen atoms in total. The van der Waals surface area contributed by atoms with E-state index in [0.717, 1.165) is 32.1 Å². The summed E-state index contributed by atoms with van der Waals surface area (Å²) in [7, 11) is 1.69. The lowest BCUT2D eigenvalue weighted by atomic mass is 10.0. The van der Waals surface area contributed by atoms with Gasteiger partial charge in [-0.05, 0) is 25.7 Å². The largest absolute Gasteiger partial charge is 0.464 e. The van der Waals surface area contributed by atoms with Crippen LogP contribution in [0.5, 0.6) is 0 Å². The van der Waals surface area contributed by atoms with Crippen molar-refractivity contribution in [1.29, 1.82) is 0 Å². The highest BCUT2D eigenvalue weighted by Crippen LogP contribution is 2.13. The van der Waals surface area contributed by atoms with Gasteiger partial charge in [0.15, 0.2) is 0 Å². The second kappa shape index (κ2) is 19.4. The molecule has 0 fully saturated rings. The molecule has 0 saturated heterocycles. The molecule has 0 unspecified atom stereocenters. The van der Waals surface area contributed by atoms with Crippen molar-refractivity contribution in [2.24, 2.45) is 5.92 Å². The summed E-state index contributed by atoms with van der Waals surface area (Å²) in [5, 5.41) is 5.48. The van der Waals surface area contributed by atoms with E-state index in [2.05, 4.69) is 10.6 Å². The smallest absolute Gasteiger partial charge is 0.328 e. The highest BCUT2D eigenvalue weighted by atomic mass is 16.5. The Morgan fingerprint density at radius 3 is 1.47 bits per heavy atom. The first-order valence-electron chi connectivity index (χ1n) is 12.1. The predicted octanol–water partition coefficient (Wildman–Crippen LogP) is 4.90. The van der Waals surface area contributed by atoms with E-state index in [1.807, 2.05) is 13.8 Å². The van der Waals surface area contributed by atoms with Gasteiger partial charge in [-0.25, -0.2) is 4.79 Å². The average Bonchev–Trinajstić information content (AvgIpc) is 2.71. The summed E-state index contributed by atoms with van der Waals surface area (Å²) in [5.74, 6) is -0.232. The number of hydrogen-bond donors (Lipinski definition) is 2. The lowest BCUT2D eigenvalue weighted by Crippen LogP contribution is -2.45. The van der Waals surface area contributed by atoms with E-state index in [-0.39, 0.29) is 23.7 Å². The van der Waals surface area contributed by atoms with Crippen LogP contribution in [0.4, 0.5) is 0 Å². The van der Waals surface area contributed by atoms with Gasteiger partial charge in [0.25, 0.3) is 0 Å². The molecular weight excluding hydrogens is 380 g/mol. The van der Waals surface area contributed by atoms with Crippen LogP contribution in [0.3, 0.4) is 0 Å². The number of ether oxygens (including phenoxy) is 1. The Hall–Kier alpha value is -1.59. The Kier molecular flexibility index (Phi) is 18.4. The molecule has 2 N–H and O–H groups in total. The summed E-state index contributed by atoms with van der Waals surface area (Å²) in [6.45, 7) is 5.93. The summed E-state index contributed by atoms with van der Waals surface area (Å²) in [6.07, 6.45) is 15.2. The van der Waals surface area contributed by atoms with Gasteiger partial charge in [-0.3, -0.25) is 9.59 Å². The van der Waals surface area contributed by atoms with Crippen molar-refractivity contribution in [3.05, 3.63) is 0 Å². The van der Waals surface area contributed by atoms with E-state index < -0.39 is 6.04 Å². The molecule has 30 heavy (non-hydrogen) atoms. The first kappa shape index (κ1) is 28.4. The molecule has 6 heteroatoms. The zero-order valence-corrected chi connectivity index (χ0v) is 19.9. The molecule has 1 atom stereocenters. The minimum Gasteiger partial charge on any atom is -0.464 e. The molecule has 0 rings (SSSR count). The predicted molar refractivity (Wildman–Crippen MR) is 122 cm³/mol. The van der Waals surface area contributed by atoms with Crippen LogP contribution < -0.4 is 10.6 Å². The number of esters is 1. The monoisotopic (exact) mass is 426 g/mol. The Balaban J connectivity index is 3.51. The molecule has 2 amide bonds. The maximum Gasteiger partial charge on any atom is 0.328 e. The van der Waals surface area contributed by atoms with Crippen LogP contribution in [0, 0.1) is 5.92 Å². The zero-order valence-electron chi connectivity index (χ0n) is 19.9. The Labute approximate surface area is 184 Å². The number of unbranched alkanes of at least 4 members (excludes halogenated alkanes) is 11. The highest BCUT2D eigenvalue weighted by Gasteiger charge is 2.24. The van der Waals surface area contributed by atoms with Crippen LogP contribution in [0.15, 0.2) is 0 Å². The Morgan fingerprint density at radius 2 is 1.10 bits per heavy atom. The van der Waals surface area contributed by atoms with Gasteiger partial charge in [0.2, 0.25) is 11.8 Å². The van der Waals surface area contributed by atoms with Crippen LogP contribution >= 0.6 is 0 Å². The molecule has 0 aliphatic rings. The van der Waals surface area contributed by atoms with Crippen molar-refractivity contribution >= 4 is 17.8 Å². The van der Waals surface area contributed by atoms with E-state index >= 15 is 0 Å². The van der Waals surface area contributed by atoms with E-state index in [0.29, 0.717) is 19.4 Å². The van der Waals surface area contributed by atoms with E-state index in [1.165, 1.54) is 44.9 Å². The van der Waals surface area contributed by atoms with Crippen LogP contribution in [-0.2, 0) is 19.1 Å². The second-order valence-corrected chi connectivity index (χ2v) is 8.46. The normalized spacial score (nSPS) is 11.9. The molecule has 0 aromatic heterocycles. The Morgan fingerprint density at radius 1 is 0.700 bits per heavy atom. The van der Waals surface area contributed by atoms with Crippen LogP contribution in [-0.4, -0.2) is 37.5 Å². The minimum absolute atomic E-state index is 0.0237. The number of rotatable bonds is 19. The van der Waals surface area contributed by atoms with Gasteiger partial charge in [0.05, 0.1) is 6.61 Å². The van der Waals surface area contributed by atoms with Crippen molar-refractivity contribution in [2.75, 3.05) is 13.7 Å². The van der Waals surface area contributed by atoms with Crippen LogP contribution in [0.2, 0.25) is 0 Å². The quantitative estimate of drug-likeness (QED) is 0.227. The van der Waals surface area contributed by atoms with Crippen LogP contribution in [0.1, 0.15) is 111 Å². The molecular formula is C24H46N2O4. The summed E-state index contributed by atoms with van der Waals surface area (Å²) >= 11 is 0. The molecule has 0 heterocycles. The fourth-order valence-electron chi connectivity index (χ4n) is 3.44. The van der Waals surface area contributed by atoms with Crippen molar-refractivity contribution in [3.8, 4) is 0 Å². The summed E-state index contributed by atoms with van der Waals surface area (Å²) in [5.41, 5.74) is 0. The standard InChI is InChI=1S/C24H46N2O4/c1-5-30-24(29)23(20(2)3)26-22(28)19-17-15-13-11-9-7-6-8-10-12-14-16-18-21(27)25-4/h20,23H,5-19H2,1-4H3,(H,25,27)(H,26,28)/t23-/m0/s1. The van der Waals surface area contributed by atoms with Gasteiger partial charge in [-0.15, -0.1) is 0 Å². The van der Waals surface area contributed by atoms with E-state index in [1.54, 1.807) is 14.0 Å². The minimum atomic E-state index is -0.548. The van der Waals surface area contributed by atoms with Gasteiger partial charge in [-0.1, -0.05) is 78.1 Å². The van der Waals surface area contributed by atoms with Gasteiger partial charge in [0.1, 0.15) is 6.04 Å². The second-order valence-electron chi connectivity index (χ2n) is 8.46. The summed E-state index contributed by atoms with van der Waals surface area (Å²) < 4.78 is 5.03. The summed E-state index contributed by atoms with van der Waals surface area (Å²) in [4.78, 5) is 35.1. The van der Waals surface area contributed by atoms with Crippen molar-refractivity contribution < 1.29 is 19.1 Å².